The molecule has 2 N–H and O–H groups in total. The van der Waals surface area contributed by atoms with E-state index in [1.54, 1.807) is 12.1 Å². The molecule has 0 radical (unpaired) electrons. The van der Waals surface area contributed by atoms with Crippen molar-refractivity contribution in [2.24, 2.45) is 11.7 Å². The Hall–Kier alpha value is -1.16. The van der Waals surface area contributed by atoms with Crippen molar-refractivity contribution in [2.45, 2.75) is 38.7 Å². The van der Waals surface area contributed by atoms with Crippen LogP contribution < -0.4 is 10.5 Å². The molecule has 1 aliphatic carbocycles. The molecule has 1 aromatic rings. The molecule has 2 nitrogen and oxygen atoms in total. The number of thiocarbonyl (C=S) groups is 1. The normalized spacial score (nSPS) is 23.7. The van der Waals surface area contributed by atoms with Crippen LogP contribution in [0.15, 0.2) is 18.2 Å². The second-order valence-electron chi connectivity index (χ2n) is 5.01. The van der Waals surface area contributed by atoms with Crippen LogP contribution in [-0.2, 0) is 0 Å². The fraction of sp³-hybridized carbons (Fsp3) is 0.500. The molecule has 1 aromatic carbocycles. The fourth-order valence-electron chi connectivity index (χ4n) is 2.28. The molecule has 18 heavy (non-hydrogen) atoms. The number of hydrogen-bond acceptors (Lipinski definition) is 2. The molecule has 0 heterocycles. The predicted octanol–water partition coefficient (Wildman–Crippen LogP) is 3.42. The maximum atomic E-state index is 13.8. The first-order valence-electron chi connectivity index (χ1n) is 6.32. The van der Waals surface area contributed by atoms with E-state index in [9.17, 15) is 4.39 Å². The van der Waals surface area contributed by atoms with Gasteiger partial charge in [0, 0.05) is 5.56 Å². The lowest BCUT2D eigenvalue weighted by atomic mass is 9.89. The van der Waals surface area contributed by atoms with Crippen LogP contribution in [0.4, 0.5) is 4.39 Å². The van der Waals surface area contributed by atoms with Gasteiger partial charge in [-0.25, -0.2) is 4.39 Å². The maximum absolute atomic E-state index is 13.8. The van der Waals surface area contributed by atoms with Crippen molar-refractivity contribution >= 4 is 17.2 Å². The van der Waals surface area contributed by atoms with Gasteiger partial charge in [0.2, 0.25) is 0 Å². The van der Waals surface area contributed by atoms with Crippen LogP contribution in [0.25, 0.3) is 0 Å². The Kier molecular flexibility index (Phi) is 4.17. The van der Waals surface area contributed by atoms with Gasteiger partial charge in [-0.3, -0.25) is 0 Å². The summed E-state index contributed by atoms with van der Waals surface area (Å²) in [6.45, 7) is 2.24. The molecule has 0 saturated heterocycles. The smallest absolute Gasteiger partial charge is 0.165 e. The summed E-state index contributed by atoms with van der Waals surface area (Å²) in [7, 11) is 0. The summed E-state index contributed by atoms with van der Waals surface area (Å²) in [5.41, 5.74) is 5.99. The Bertz CT molecular complexity index is 441. The van der Waals surface area contributed by atoms with Crippen molar-refractivity contribution in [1.29, 1.82) is 0 Å². The van der Waals surface area contributed by atoms with E-state index >= 15 is 0 Å². The maximum Gasteiger partial charge on any atom is 0.165 e. The molecular formula is C14H18FNOS. The van der Waals surface area contributed by atoms with Gasteiger partial charge >= 0.3 is 0 Å². The highest BCUT2D eigenvalue weighted by atomic mass is 32.1. The summed E-state index contributed by atoms with van der Waals surface area (Å²) in [4.78, 5) is 0.201. The highest BCUT2D eigenvalue weighted by Gasteiger charge is 2.20. The van der Waals surface area contributed by atoms with Gasteiger partial charge in [-0.2, -0.15) is 0 Å². The summed E-state index contributed by atoms with van der Waals surface area (Å²) in [5, 5.41) is 0. The average molecular weight is 267 g/mol. The molecule has 1 saturated carbocycles. The van der Waals surface area contributed by atoms with Gasteiger partial charge in [-0.15, -0.1) is 0 Å². The van der Waals surface area contributed by atoms with E-state index in [0.717, 1.165) is 31.6 Å². The summed E-state index contributed by atoms with van der Waals surface area (Å²) >= 11 is 4.81. The number of rotatable bonds is 3. The minimum absolute atomic E-state index is 0.131. The Balaban J connectivity index is 2.03. The molecule has 0 atom stereocenters. The van der Waals surface area contributed by atoms with Crippen LogP contribution >= 0.6 is 12.2 Å². The second-order valence-corrected chi connectivity index (χ2v) is 5.45. The number of ether oxygens (including phenoxy) is 1. The monoisotopic (exact) mass is 267 g/mol. The minimum atomic E-state index is -0.390. The van der Waals surface area contributed by atoms with Crippen molar-refractivity contribution < 1.29 is 9.13 Å². The summed E-state index contributed by atoms with van der Waals surface area (Å²) < 4.78 is 19.5. The Morgan fingerprint density at radius 1 is 1.33 bits per heavy atom. The molecule has 98 valence electrons. The fourth-order valence-corrected chi connectivity index (χ4v) is 2.40. The van der Waals surface area contributed by atoms with E-state index in [2.05, 4.69) is 6.92 Å². The van der Waals surface area contributed by atoms with Gasteiger partial charge in [-0.1, -0.05) is 19.1 Å². The summed E-state index contributed by atoms with van der Waals surface area (Å²) in [6.07, 6.45) is 4.43. The van der Waals surface area contributed by atoms with Crippen LogP contribution in [0, 0.1) is 11.7 Å². The Labute approximate surface area is 112 Å². The lowest BCUT2D eigenvalue weighted by Gasteiger charge is -2.27. The lowest BCUT2D eigenvalue weighted by Crippen LogP contribution is -2.23. The van der Waals surface area contributed by atoms with Crippen molar-refractivity contribution in [2.75, 3.05) is 0 Å². The van der Waals surface area contributed by atoms with Crippen LogP contribution in [0.1, 0.15) is 38.2 Å². The van der Waals surface area contributed by atoms with E-state index in [0.29, 0.717) is 11.3 Å². The number of hydrogen-bond donors (Lipinski definition) is 1. The molecule has 0 spiro atoms. The second kappa shape index (κ2) is 5.65. The first-order chi connectivity index (χ1) is 8.56. The third-order valence-electron chi connectivity index (χ3n) is 3.47. The van der Waals surface area contributed by atoms with Crippen molar-refractivity contribution in [3.05, 3.63) is 29.6 Å². The number of halogens is 1. The summed E-state index contributed by atoms with van der Waals surface area (Å²) in [5.74, 6) is 0.667. The topological polar surface area (TPSA) is 35.2 Å². The molecule has 2 rings (SSSR count). The van der Waals surface area contributed by atoms with Crippen LogP contribution in [0.3, 0.4) is 0 Å². The van der Waals surface area contributed by atoms with Crippen molar-refractivity contribution in [1.82, 2.24) is 0 Å². The lowest BCUT2D eigenvalue weighted by molar-refractivity contribution is 0.130. The highest BCUT2D eigenvalue weighted by molar-refractivity contribution is 7.80. The van der Waals surface area contributed by atoms with Gasteiger partial charge in [-0.05, 0) is 49.8 Å². The van der Waals surface area contributed by atoms with Gasteiger partial charge < -0.3 is 10.5 Å². The highest BCUT2D eigenvalue weighted by Crippen LogP contribution is 2.28. The molecule has 1 aliphatic rings. The molecule has 4 heteroatoms. The number of benzene rings is 1. The van der Waals surface area contributed by atoms with Gasteiger partial charge in [0.05, 0.1) is 6.10 Å². The first-order valence-corrected chi connectivity index (χ1v) is 6.73. The zero-order valence-electron chi connectivity index (χ0n) is 10.5. The van der Waals surface area contributed by atoms with Crippen LogP contribution in [0.5, 0.6) is 5.75 Å². The SMILES string of the molecule is CC1CCC(Oc2ccc(C(N)=S)cc2F)CC1. The van der Waals surface area contributed by atoms with Gasteiger partial charge in [0.25, 0.3) is 0 Å². The van der Waals surface area contributed by atoms with Crippen LogP contribution in [-0.4, -0.2) is 11.1 Å². The molecular weight excluding hydrogens is 249 g/mol. The van der Waals surface area contributed by atoms with Crippen molar-refractivity contribution in [3.8, 4) is 5.75 Å². The van der Waals surface area contributed by atoms with E-state index in [4.69, 9.17) is 22.7 Å². The van der Waals surface area contributed by atoms with Crippen LogP contribution in [0.2, 0.25) is 0 Å². The van der Waals surface area contributed by atoms with Gasteiger partial charge in [0.15, 0.2) is 11.6 Å². The molecule has 0 bridgehead atoms. The summed E-state index contributed by atoms with van der Waals surface area (Å²) in [6, 6.07) is 4.65. The standard InChI is InChI=1S/C14H18FNOS/c1-9-2-5-11(6-3-9)17-13-7-4-10(14(16)18)8-12(13)15/h4,7-9,11H,2-3,5-6H2,1H3,(H2,16,18). The minimum Gasteiger partial charge on any atom is -0.487 e. The molecule has 0 unspecified atom stereocenters. The zero-order chi connectivity index (χ0) is 13.1. The third kappa shape index (κ3) is 3.19. The number of nitrogens with two attached hydrogens (primary N) is 1. The van der Waals surface area contributed by atoms with E-state index in [1.165, 1.54) is 6.07 Å². The molecule has 1 fully saturated rings. The Morgan fingerprint density at radius 2 is 2.00 bits per heavy atom. The van der Waals surface area contributed by atoms with E-state index in [-0.39, 0.29) is 16.9 Å². The van der Waals surface area contributed by atoms with Gasteiger partial charge in [0.1, 0.15) is 4.99 Å². The largest absolute Gasteiger partial charge is 0.487 e. The molecule has 0 amide bonds. The zero-order valence-corrected chi connectivity index (χ0v) is 11.3. The third-order valence-corrected chi connectivity index (χ3v) is 3.71. The predicted molar refractivity (Wildman–Crippen MR) is 74.3 cm³/mol. The molecule has 0 aromatic heterocycles. The quantitative estimate of drug-likeness (QED) is 0.852. The van der Waals surface area contributed by atoms with Crippen molar-refractivity contribution in [3.63, 3.8) is 0 Å². The first kappa shape index (κ1) is 13.3. The van der Waals surface area contributed by atoms with E-state index < -0.39 is 0 Å². The molecule has 0 aliphatic heterocycles. The Morgan fingerprint density at radius 3 is 2.56 bits per heavy atom. The average Bonchev–Trinajstić information content (AvgIpc) is 2.34. The van der Waals surface area contributed by atoms with E-state index in [1.807, 2.05) is 0 Å².